The Hall–Kier alpha value is -0.870. The summed E-state index contributed by atoms with van der Waals surface area (Å²) >= 11 is 0. The summed E-state index contributed by atoms with van der Waals surface area (Å²) in [5.41, 5.74) is 1.71. The summed E-state index contributed by atoms with van der Waals surface area (Å²) in [7, 11) is 0. The predicted molar refractivity (Wildman–Crippen MR) is 81.5 cm³/mol. The van der Waals surface area contributed by atoms with Gasteiger partial charge in [0.05, 0.1) is 12.3 Å². The van der Waals surface area contributed by atoms with Crippen LogP contribution >= 0.6 is 0 Å². The first kappa shape index (κ1) is 15.0. The predicted octanol–water partition coefficient (Wildman–Crippen LogP) is 3.88. The van der Waals surface area contributed by atoms with Crippen molar-refractivity contribution in [1.29, 1.82) is 0 Å². The summed E-state index contributed by atoms with van der Waals surface area (Å²) in [6.45, 7) is 11.3. The van der Waals surface area contributed by atoms with E-state index in [4.69, 9.17) is 9.47 Å². The van der Waals surface area contributed by atoms with Crippen molar-refractivity contribution in [2.75, 3.05) is 6.61 Å². The largest absolute Gasteiger partial charge is 0.411 e. The van der Waals surface area contributed by atoms with Gasteiger partial charge in [0.1, 0.15) is 5.60 Å². The molecule has 118 valence electrons. The van der Waals surface area contributed by atoms with Gasteiger partial charge in [0.2, 0.25) is 0 Å². The topological polar surface area (TPSA) is 51.0 Å². The highest BCUT2D eigenvalue weighted by Gasteiger charge is 2.62. The Balaban J connectivity index is 2.05. The molecule has 1 saturated carbocycles. The molecule has 0 radical (unpaired) electrons. The molecule has 3 aliphatic rings. The highest BCUT2D eigenvalue weighted by molar-refractivity contribution is 5.94. The van der Waals surface area contributed by atoms with Crippen LogP contribution < -0.4 is 0 Å². The van der Waals surface area contributed by atoms with Crippen LogP contribution in [0.5, 0.6) is 0 Å². The Bertz CT molecular complexity index is 520. The maximum atomic E-state index is 9.41. The number of hydrogen-bond acceptors (Lipinski definition) is 4. The Morgan fingerprint density at radius 1 is 1.14 bits per heavy atom. The van der Waals surface area contributed by atoms with E-state index < -0.39 is 5.79 Å². The van der Waals surface area contributed by atoms with E-state index in [9.17, 15) is 5.21 Å². The fraction of sp³-hybridized carbons (Fsp3) is 0.824. The monoisotopic (exact) mass is 293 g/mol. The van der Waals surface area contributed by atoms with E-state index >= 15 is 0 Å². The van der Waals surface area contributed by atoms with Gasteiger partial charge in [-0.1, -0.05) is 37.6 Å². The lowest BCUT2D eigenvalue weighted by molar-refractivity contribution is -0.191. The van der Waals surface area contributed by atoms with Gasteiger partial charge in [0.15, 0.2) is 5.79 Å². The van der Waals surface area contributed by atoms with Crippen LogP contribution in [0.15, 0.2) is 16.8 Å². The quantitative estimate of drug-likeness (QED) is 0.419. The van der Waals surface area contributed by atoms with Gasteiger partial charge >= 0.3 is 0 Å². The minimum Gasteiger partial charge on any atom is -0.411 e. The van der Waals surface area contributed by atoms with Crippen molar-refractivity contribution in [3.8, 4) is 0 Å². The van der Waals surface area contributed by atoms with Crippen LogP contribution in [0.4, 0.5) is 0 Å². The number of rotatable bonds is 0. The smallest absolute Gasteiger partial charge is 0.163 e. The SMILES string of the molecule is CC1(C)OCC2(CCC3(C)C(=CCC/C3=N\O)C2(C)C)O1. The fourth-order valence-corrected chi connectivity index (χ4v) is 4.65. The molecule has 4 nitrogen and oxygen atoms in total. The van der Waals surface area contributed by atoms with Crippen molar-refractivity contribution >= 4 is 5.71 Å². The molecule has 2 unspecified atom stereocenters. The van der Waals surface area contributed by atoms with Crippen molar-refractivity contribution in [1.82, 2.24) is 0 Å². The number of hydrogen-bond donors (Lipinski definition) is 1. The molecule has 0 bridgehead atoms. The molecule has 2 fully saturated rings. The lowest BCUT2D eigenvalue weighted by Crippen LogP contribution is -2.58. The third-order valence-corrected chi connectivity index (χ3v) is 6.02. The van der Waals surface area contributed by atoms with Crippen LogP contribution in [0, 0.1) is 10.8 Å². The van der Waals surface area contributed by atoms with Crippen LogP contribution in [0.2, 0.25) is 0 Å². The van der Waals surface area contributed by atoms with Crippen molar-refractivity contribution < 1.29 is 14.7 Å². The Kier molecular flexibility index (Phi) is 3.10. The zero-order valence-corrected chi connectivity index (χ0v) is 13.8. The molecular weight excluding hydrogens is 266 g/mol. The summed E-state index contributed by atoms with van der Waals surface area (Å²) in [6, 6.07) is 0. The average Bonchev–Trinajstić information content (AvgIpc) is 2.72. The lowest BCUT2D eigenvalue weighted by atomic mass is 9.51. The van der Waals surface area contributed by atoms with E-state index in [0.717, 1.165) is 31.4 Å². The molecule has 1 heterocycles. The van der Waals surface area contributed by atoms with Crippen LogP contribution in [0.1, 0.15) is 60.3 Å². The van der Waals surface area contributed by atoms with Gasteiger partial charge in [-0.05, 0) is 39.5 Å². The Morgan fingerprint density at radius 3 is 2.43 bits per heavy atom. The lowest BCUT2D eigenvalue weighted by Gasteiger charge is -2.56. The van der Waals surface area contributed by atoms with Crippen LogP contribution in [0.3, 0.4) is 0 Å². The Labute approximate surface area is 127 Å². The second kappa shape index (κ2) is 4.32. The first-order valence-corrected chi connectivity index (χ1v) is 7.94. The molecule has 21 heavy (non-hydrogen) atoms. The zero-order valence-electron chi connectivity index (χ0n) is 13.8. The number of nitrogens with zero attached hydrogens (tertiary/aromatic N) is 1. The molecule has 3 rings (SSSR count). The van der Waals surface area contributed by atoms with E-state index in [-0.39, 0.29) is 16.4 Å². The highest BCUT2D eigenvalue weighted by atomic mass is 16.8. The van der Waals surface area contributed by atoms with Gasteiger partial charge in [-0.2, -0.15) is 0 Å². The Morgan fingerprint density at radius 2 is 1.86 bits per heavy atom. The van der Waals surface area contributed by atoms with E-state index in [0.29, 0.717) is 6.61 Å². The molecule has 2 aliphatic carbocycles. The molecule has 0 aromatic carbocycles. The van der Waals surface area contributed by atoms with Gasteiger partial charge < -0.3 is 14.7 Å². The van der Waals surface area contributed by atoms with Gasteiger partial charge in [0.25, 0.3) is 0 Å². The molecule has 1 aliphatic heterocycles. The number of fused-ring (bicyclic) bond motifs is 1. The fourth-order valence-electron chi connectivity index (χ4n) is 4.65. The minimum atomic E-state index is -0.520. The van der Waals surface area contributed by atoms with Crippen LogP contribution in [0.25, 0.3) is 0 Å². The number of ether oxygens (including phenoxy) is 2. The molecule has 1 saturated heterocycles. The van der Waals surface area contributed by atoms with Crippen LogP contribution in [-0.4, -0.2) is 28.9 Å². The number of allylic oxidation sites excluding steroid dienone is 1. The summed E-state index contributed by atoms with van der Waals surface area (Å²) in [4.78, 5) is 0. The minimum absolute atomic E-state index is 0.135. The molecule has 1 N–H and O–H groups in total. The summed E-state index contributed by atoms with van der Waals surface area (Å²) < 4.78 is 12.3. The van der Waals surface area contributed by atoms with E-state index in [1.807, 2.05) is 13.8 Å². The molecule has 1 spiro atoms. The van der Waals surface area contributed by atoms with Crippen LogP contribution in [-0.2, 0) is 9.47 Å². The van der Waals surface area contributed by atoms with E-state index in [1.54, 1.807) is 0 Å². The third-order valence-electron chi connectivity index (χ3n) is 6.02. The molecule has 2 atom stereocenters. The van der Waals surface area contributed by atoms with Crippen molar-refractivity contribution in [2.45, 2.75) is 71.7 Å². The third kappa shape index (κ3) is 1.92. The molecule has 0 amide bonds. The van der Waals surface area contributed by atoms with Gasteiger partial charge in [-0.25, -0.2) is 0 Å². The first-order valence-electron chi connectivity index (χ1n) is 7.94. The van der Waals surface area contributed by atoms with Gasteiger partial charge in [-0.15, -0.1) is 0 Å². The summed E-state index contributed by atoms with van der Waals surface area (Å²) in [5.74, 6) is -0.520. The second-order valence-corrected chi connectivity index (χ2v) is 7.95. The van der Waals surface area contributed by atoms with Crippen molar-refractivity contribution in [3.05, 3.63) is 11.6 Å². The molecular formula is C17H27NO3. The van der Waals surface area contributed by atoms with Gasteiger partial charge in [-0.3, -0.25) is 0 Å². The van der Waals surface area contributed by atoms with E-state index in [1.165, 1.54) is 5.57 Å². The first-order chi connectivity index (χ1) is 9.67. The van der Waals surface area contributed by atoms with Crippen molar-refractivity contribution in [3.63, 3.8) is 0 Å². The standard InChI is InChI=1S/C17H27NO3/c1-14(2)12-7-6-8-13(18-19)16(12,5)9-10-17(14)11-20-15(3,4)21-17/h7,19H,6,8-11H2,1-5H3/b18-13+. The molecule has 0 aromatic heterocycles. The second-order valence-electron chi connectivity index (χ2n) is 7.95. The highest BCUT2D eigenvalue weighted by Crippen LogP contribution is 2.61. The van der Waals surface area contributed by atoms with Crippen molar-refractivity contribution in [2.24, 2.45) is 16.0 Å². The summed E-state index contributed by atoms with van der Waals surface area (Å²) in [5, 5.41) is 13.0. The number of oxime groups is 1. The molecule has 0 aromatic rings. The molecule has 4 heteroatoms. The maximum absolute atomic E-state index is 9.41. The summed E-state index contributed by atoms with van der Waals surface area (Å²) in [6.07, 6.45) is 6.00. The maximum Gasteiger partial charge on any atom is 0.163 e. The van der Waals surface area contributed by atoms with E-state index in [2.05, 4.69) is 32.0 Å². The zero-order chi connectivity index (χ0) is 15.5. The van der Waals surface area contributed by atoms with Gasteiger partial charge in [0, 0.05) is 10.8 Å². The average molecular weight is 293 g/mol. The normalized spacial score (nSPS) is 42.9.